The molecular weight excluding hydrogens is 380 g/mol. The molecule has 23 heavy (non-hydrogen) atoms. The van der Waals surface area contributed by atoms with Crippen LogP contribution in [0.5, 0.6) is 11.5 Å². The number of methoxy groups -OCH3 is 1. The maximum atomic E-state index is 6.48. The third-order valence-electron chi connectivity index (χ3n) is 4.28. The van der Waals surface area contributed by atoms with Crippen LogP contribution in [-0.2, 0) is 6.42 Å². The van der Waals surface area contributed by atoms with Gasteiger partial charge in [-0.2, -0.15) is 0 Å². The van der Waals surface area contributed by atoms with Gasteiger partial charge in [0, 0.05) is 18.2 Å². The lowest BCUT2D eigenvalue weighted by molar-refractivity contribution is 0.163. The van der Waals surface area contributed by atoms with E-state index in [9.17, 15) is 0 Å². The molecule has 2 aliphatic rings. The fraction of sp³-hybridized carbons (Fsp3) is 0.412. The first-order chi connectivity index (χ1) is 11.0. The molecule has 1 atom stereocenters. The molecule has 124 valence electrons. The number of halogens is 2. The van der Waals surface area contributed by atoms with E-state index in [0.717, 1.165) is 33.7 Å². The Balaban J connectivity index is 2.04. The van der Waals surface area contributed by atoms with E-state index in [-0.39, 0.29) is 0 Å². The molecule has 0 spiro atoms. The molecule has 1 aromatic rings. The van der Waals surface area contributed by atoms with Crippen molar-refractivity contribution in [2.24, 2.45) is 0 Å². The first-order valence-corrected chi connectivity index (χ1v) is 8.68. The Bertz CT molecular complexity index is 673. The summed E-state index contributed by atoms with van der Waals surface area (Å²) in [5.41, 5.74) is 2.08. The number of benzene rings is 1. The largest absolute Gasteiger partial charge is 0.496 e. The molecule has 0 N–H and O–H groups in total. The number of hydrogen-bond acceptors (Lipinski definition) is 4. The van der Waals surface area contributed by atoms with Gasteiger partial charge in [-0.15, -0.1) is 0 Å². The van der Waals surface area contributed by atoms with Gasteiger partial charge < -0.3 is 19.3 Å². The average Bonchev–Trinajstić information content (AvgIpc) is 2.56. The van der Waals surface area contributed by atoms with Crippen LogP contribution in [0.15, 0.2) is 33.9 Å². The molecule has 3 rings (SSSR count). The minimum Gasteiger partial charge on any atom is -0.496 e. The van der Waals surface area contributed by atoms with Crippen LogP contribution in [0, 0.1) is 0 Å². The van der Waals surface area contributed by atoms with Gasteiger partial charge in [-0.3, -0.25) is 0 Å². The van der Waals surface area contributed by atoms with E-state index < -0.39 is 0 Å². The summed E-state index contributed by atoms with van der Waals surface area (Å²) in [6, 6.07) is 4.34. The summed E-state index contributed by atoms with van der Waals surface area (Å²) in [5.74, 6) is 1.73. The van der Waals surface area contributed by atoms with Gasteiger partial charge in [0.15, 0.2) is 0 Å². The SMILES string of the molecule is COc1ccc(N2CC=CC(Br)=C2Cl)c2c1C[C@@H](N(C)C)CO2. The first-order valence-electron chi connectivity index (χ1n) is 7.51. The Kier molecular flexibility index (Phi) is 4.90. The zero-order chi connectivity index (χ0) is 16.6. The highest BCUT2D eigenvalue weighted by atomic mass is 79.9. The van der Waals surface area contributed by atoms with E-state index >= 15 is 0 Å². The van der Waals surface area contributed by atoms with Crippen LogP contribution in [0.4, 0.5) is 5.69 Å². The monoisotopic (exact) mass is 398 g/mol. The van der Waals surface area contributed by atoms with Crippen molar-refractivity contribution in [1.29, 1.82) is 0 Å². The van der Waals surface area contributed by atoms with Crippen molar-refractivity contribution in [1.82, 2.24) is 4.90 Å². The maximum absolute atomic E-state index is 6.48. The average molecular weight is 400 g/mol. The maximum Gasteiger partial charge on any atom is 0.150 e. The third-order valence-corrected chi connectivity index (χ3v) is 5.56. The molecule has 4 nitrogen and oxygen atoms in total. The molecule has 2 aliphatic heterocycles. The Morgan fingerprint density at radius 1 is 1.39 bits per heavy atom. The molecule has 1 aromatic carbocycles. The van der Waals surface area contributed by atoms with Gasteiger partial charge in [0.1, 0.15) is 23.3 Å². The first kappa shape index (κ1) is 16.7. The van der Waals surface area contributed by atoms with E-state index in [0.29, 0.717) is 24.3 Å². The van der Waals surface area contributed by atoms with Crippen molar-refractivity contribution in [3.63, 3.8) is 0 Å². The van der Waals surface area contributed by atoms with Crippen molar-refractivity contribution in [2.75, 3.05) is 39.3 Å². The molecule has 0 aliphatic carbocycles. The van der Waals surface area contributed by atoms with Gasteiger partial charge in [0.05, 0.1) is 17.3 Å². The predicted octanol–water partition coefficient (Wildman–Crippen LogP) is 3.74. The number of hydrogen-bond donors (Lipinski definition) is 0. The quantitative estimate of drug-likeness (QED) is 0.723. The Morgan fingerprint density at radius 3 is 2.87 bits per heavy atom. The fourth-order valence-electron chi connectivity index (χ4n) is 2.90. The van der Waals surface area contributed by atoms with Gasteiger partial charge >= 0.3 is 0 Å². The molecule has 0 amide bonds. The molecule has 0 aromatic heterocycles. The minimum absolute atomic E-state index is 0.339. The highest BCUT2D eigenvalue weighted by Gasteiger charge is 2.29. The van der Waals surface area contributed by atoms with Gasteiger partial charge in [-0.25, -0.2) is 0 Å². The molecular formula is C17H20BrClN2O2. The second-order valence-corrected chi connectivity index (χ2v) is 7.09. The summed E-state index contributed by atoms with van der Waals surface area (Å²) in [5, 5.41) is 0.665. The van der Waals surface area contributed by atoms with Crippen molar-refractivity contribution in [2.45, 2.75) is 12.5 Å². The van der Waals surface area contributed by atoms with Crippen molar-refractivity contribution in [3.05, 3.63) is 39.5 Å². The van der Waals surface area contributed by atoms with Crippen LogP contribution < -0.4 is 14.4 Å². The molecule has 0 radical (unpaired) electrons. The summed E-state index contributed by atoms with van der Waals surface area (Å²) in [6.45, 7) is 1.37. The number of allylic oxidation sites excluding steroid dienone is 2. The predicted molar refractivity (Wildman–Crippen MR) is 98.0 cm³/mol. The number of fused-ring (bicyclic) bond motifs is 1. The van der Waals surface area contributed by atoms with E-state index in [1.165, 1.54) is 0 Å². The van der Waals surface area contributed by atoms with Gasteiger partial charge in [0.2, 0.25) is 0 Å². The number of ether oxygens (including phenoxy) is 2. The van der Waals surface area contributed by atoms with Gasteiger partial charge in [-0.1, -0.05) is 17.7 Å². The molecule has 0 unspecified atom stereocenters. The summed E-state index contributed by atoms with van der Waals surface area (Å²) >= 11 is 9.97. The standard InChI is InChI=1S/C17H20BrClN2O2/c1-20(2)11-9-12-15(22-3)7-6-14(16(12)23-10-11)21-8-4-5-13(18)17(21)19/h4-7,11H,8-10H2,1-3H3/t11-/m1/s1. The van der Waals surface area contributed by atoms with Gasteiger partial charge in [-0.05, 0) is 54.7 Å². The van der Waals surface area contributed by atoms with Crippen molar-refractivity contribution < 1.29 is 9.47 Å². The highest BCUT2D eigenvalue weighted by Crippen LogP contribution is 2.44. The van der Waals surface area contributed by atoms with Crippen LogP contribution in [0.2, 0.25) is 0 Å². The van der Waals surface area contributed by atoms with Crippen LogP contribution >= 0.6 is 27.5 Å². The Labute approximate surface area is 150 Å². The van der Waals surface area contributed by atoms with Crippen LogP contribution in [0.1, 0.15) is 5.56 Å². The topological polar surface area (TPSA) is 24.9 Å². The van der Waals surface area contributed by atoms with E-state index in [1.807, 2.05) is 23.1 Å². The zero-order valence-corrected chi connectivity index (χ0v) is 15.8. The zero-order valence-electron chi connectivity index (χ0n) is 13.5. The summed E-state index contributed by atoms with van der Waals surface area (Å²) in [4.78, 5) is 4.22. The van der Waals surface area contributed by atoms with Crippen LogP contribution in [0.3, 0.4) is 0 Å². The lowest BCUT2D eigenvalue weighted by Crippen LogP contribution is -2.39. The molecule has 0 saturated carbocycles. The normalized spacial score (nSPS) is 20.6. The van der Waals surface area contributed by atoms with Crippen LogP contribution in [-0.4, -0.2) is 45.3 Å². The van der Waals surface area contributed by atoms with Crippen molar-refractivity contribution >= 4 is 33.2 Å². The van der Waals surface area contributed by atoms with E-state index in [1.54, 1.807) is 7.11 Å². The number of rotatable bonds is 3. The smallest absolute Gasteiger partial charge is 0.150 e. The third kappa shape index (κ3) is 3.10. The highest BCUT2D eigenvalue weighted by molar-refractivity contribution is 9.12. The van der Waals surface area contributed by atoms with Crippen LogP contribution in [0.25, 0.3) is 0 Å². The lowest BCUT2D eigenvalue weighted by atomic mass is 9.99. The minimum atomic E-state index is 0.339. The lowest BCUT2D eigenvalue weighted by Gasteiger charge is -2.35. The fourth-order valence-corrected chi connectivity index (χ4v) is 3.53. The summed E-state index contributed by atoms with van der Waals surface area (Å²) in [6.07, 6.45) is 4.93. The second kappa shape index (κ2) is 6.75. The number of anilines is 1. The Hall–Kier alpha value is -1.17. The molecule has 0 fully saturated rings. The number of nitrogens with zero attached hydrogens (tertiary/aromatic N) is 2. The molecule has 0 bridgehead atoms. The Morgan fingerprint density at radius 2 is 2.17 bits per heavy atom. The molecule has 0 saturated heterocycles. The van der Waals surface area contributed by atoms with Crippen molar-refractivity contribution in [3.8, 4) is 11.5 Å². The second-order valence-electron chi connectivity index (χ2n) is 5.88. The molecule has 6 heteroatoms. The summed E-state index contributed by atoms with van der Waals surface area (Å²) in [7, 11) is 5.84. The van der Waals surface area contributed by atoms with E-state index in [2.05, 4.69) is 41.0 Å². The van der Waals surface area contributed by atoms with E-state index in [4.69, 9.17) is 21.1 Å². The molecule has 2 heterocycles. The number of likely N-dealkylation sites (N-methyl/N-ethyl adjacent to an activating group) is 1. The summed E-state index contributed by atoms with van der Waals surface area (Å²) < 4.78 is 12.5. The van der Waals surface area contributed by atoms with Gasteiger partial charge in [0.25, 0.3) is 0 Å².